The average molecular weight is 272 g/mol. The normalized spacial score (nSPS) is 11.2. The zero-order valence-electron chi connectivity index (χ0n) is 13.2. The Labute approximate surface area is 121 Å². The predicted octanol–water partition coefficient (Wildman–Crippen LogP) is 3.51. The van der Waals surface area contributed by atoms with E-state index in [2.05, 4.69) is 55.9 Å². The fourth-order valence-electron chi connectivity index (χ4n) is 2.64. The molecule has 4 nitrogen and oxygen atoms in total. The van der Waals surface area contributed by atoms with Gasteiger partial charge in [0.05, 0.1) is 11.4 Å². The van der Waals surface area contributed by atoms with Crippen molar-refractivity contribution in [2.24, 2.45) is 7.05 Å². The minimum Gasteiger partial charge on any atom is -0.394 e. The summed E-state index contributed by atoms with van der Waals surface area (Å²) in [5.41, 5.74) is 11.6. The van der Waals surface area contributed by atoms with Gasteiger partial charge in [-0.15, -0.1) is 0 Å². The van der Waals surface area contributed by atoms with Crippen LogP contribution in [0, 0.1) is 13.8 Å². The molecule has 108 valence electrons. The third-order valence-corrected chi connectivity index (χ3v) is 3.54. The van der Waals surface area contributed by atoms with Crippen molar-refractivity contribution in [2.45, 2.75) is 33.6 Å². The third-order valence-electron chi connectivity index (χ3n) is 3.54. The molecule has 2 rings (SSSR count). The zero-order valence-corrected chi connectivity index (χ0v) is 13.2. The molecule has 1 aromatic heterocycles. The van der Waals surface area contributed by atoms with E-state index in [-0.39, 0.29) is 0 Å². The van der Waals surface area contributed by atoms with E-state index in [1.807, 2.05) is 18.8 Å². The first-order valence-electron chi connectivity index (χ1n) is 6.95. The average Bonchev–Trinajstić information content (AvgIpc) is 2.63. The van der Waals surface area contributed by atoms with Gasteiger partial charge in [0, 0.05) is 19.8 Å². The number of benzene rings is 1. The van der Waals surface area contributed by atoms with Gasteiger partial charge in [-0.25, -0.2) is 0 Å². The largest absolute Gasteiger partial charge is 0.394 e. The van der Waals surface area contributed by atoms with Crippen LogP contribution >= 0.6 is 0 Å². The maximum Gasteiger partial charge on any atom is 0.154 e. The minimum absolute atomic E-state index is 0.322. The van der Waals surface area contributed by atoms with E-state index in [0.717, 1.165) is 22.9 Å². The number of nitrogen functional groups attached to an aromatic ring is 1. The summed E-state index contributed by atoms with van der Waals surface area (Å²) in [7, 11) is 3.97. The van der Waals surface area contributed by atoms with E-state index in [0.29, 0.717) is 5.92 Å². The molecule has 0 amide bonds. The Hall–Kier alpha value is -1.97. The molecule has 20 heavy (non-hydrogen) atoms. The predicted molar refractivity (Wildman–Crippen MR) is 85.7 cm³/mol. The molecule has 1 aromatic carbocycles. The quantitative estimate of drug-likeness (QED) is 0.930. The first-order chi connectivity index (χ1) is 9.31. The molecule has 0 atom stereocenters. The van der Waals surface area contributed by atoms with Gasteiger partial charge in [-0.05, 0) is 43.0 Å². The molecule has 0 aliphatic rings. The van der Waals surface area contributed by atoms with Crippen LogP contribution in [0.1, 0.15) is 36.6 Å². The van der Waals surface area contributed by atoms with Crippen LogP contribution in [-0.4, -0.2) is 16.8 Å². The van der Waals surface area contributed by atoms with Crippen molar-refractivity contribution < 1.29 is 0 Å². The Kier molecular flexibility index (Phi) is 3.75. The van der Waals surface area contributed by atoms with Gasteiger partial charge in [-0.1, -0.05) is 19.9 Å². The van der Waals surface area contributed by atoms with Gasteiger partial charge in [-0.3, -0.25) is 4.68 Å². The van der Waals surface area contributed by atoms with Crippen LogP contribution in [0.2, 0.25) is 0 Å². The maximum atomic E-state index is 6.29. The van der Waals surface area contributed by atoms with E-state index < -0.39 is 0 Å². The molecule has 0 saturated heterocycles. The molecule has 0 aliphatic carbocycles. The number of nitrogens with zero attached hydrogens (tertiary/aromatic N) is 3. The number of hydrogen-bond donors (Lipinski definition) is 1. The molecule has 0 fully saturated rings. The fraction of sp³-hybridized carbons (Fsp3) is 0.438. The minimum atomic E-state index is 0.322. The summed E-state index contributed by atoms with van der Waals surface area (Å²) in [6.45, 7) is 8.44. The SMILES string of the molecule is Cc1cc(C)cc(N(C)c2c(N)c(C(C)C)nn2C)c1. The molecule has 1 heterocycles. The van der Waals surface area contributed by atoms with Crippen LogP contribution in [0.5, 0.6) is 0 Å². The lowest BCUT2D eigenvalue weighted by Gasteiger charge is -2.21. The molecule has 0 unspecified atom stereocenters. The second-order valence-corrected chi connectivity index (χ2v) is 5.81. The first kappa shape index (κ1) is 14.4. The van der Waals surface area contributed by atoms with Gasteiger partial charge in [0.25, 0.3) is 0 Å². The highest BCUT2D eigenvalue weighted by atomic mass is 15.4. The summed E-state index contributed by atoms with van der Waals surface area (Å²) in [4.78, 5) is 2.11. The number of anilines is 3. The third kappa shape index (κ3) is 2.50. The second kappa shape index (κ2) is 5.19. The second-order valence-electron chi connectivity index (χ2n) is 5.81. The Morgan fingerprint density at radius 1 is 1.15 bits per heavy atom. The lowest BCUT2D eigenvalue weighted by atomic mass is 10.1. The molecular weight excluding hydrogens is 248 g/mol. The monoisotopic (exact) mass is 272 g/mol. The molecule has 0 radical (unpaired) electrons. The highest BCUT2D eigenvalue weighted by molar-refractivity contribution is 5.74. The van der Waals surface area contributed by atoms with Crippen molar-refractivity contribution in [1.29, 1.82) is 0 Å². The van der Waals surface area contributed by atoms with Gasteiger partial charge in [0.1, 0.15) is 0 Å². The molecule has 0 spiro atoms. The van der Waals surface area contributed by atoms with Gasteiger partial charge >= 0.3 is 0 Å². The van der Waals surface area contributed by atoms with Crippen molar-refractivity contribution in [1.82, 2.24) is 9.78 Å². The summed E-state index contributed by atoms with van der Waals surface area (Å²) >= 11 is 0. The Bertz CT molecular complexity index is 605. The number of rotatable bonds is 3. The Morgan fingerprint density at radius 3 is 2.15 bits per heavy atom. The van der Waals surface area contributed by atoms with Crippen LogP contribution in [0.4, 0.5) is 17.2 Å². The zero-order chi connectivity index (χ0) is 15.0. The molecule has 0 bridgehead atoms. The highest BCUT2D eigenvalue weighted by Gasteiger charge is 2.19. The smallest absolute Gasteiger partial charge is 0.154 e. The van der Waals surface area contributed by atoms with Gasteiger partial charge in [0.15, 0.2) is 5.82 Å². The lowest BCUT2D eigenvalue weighted by molar-refractivity contribution is 0.711. The van der Waals surface area contributed by atoms with Crippen molar-refractivity contribution >= 4 is 17.2 Å². The topological polar surface area (TPSA) is 47.1 Å². The molecule has 0 saturated carbocycles. The standard InChI is InChI=1S/C16H24N4/c1-10(2)15-14(17)16(20(6)18-15)19(5)13-8-11(3)7-12(4)9-13/h7-10H,17H2,1-6H3. The maximum absolute atomic E-state index is 6.29. The Morgan fingerprint density at radius 2 is 1.70 bits per heavy atom. The van der Waals surface area contributed by atoms with Crippen LogP contribution in [-0.2, 0) is 7.05 Å². The number of hydrogen-bond acceptors (Lipinski definition) is 3. The van der Waals surface area contributed by atoms with Crippen LogP contribution in [0.25, 0.3) is 0 Å². The van der Waals surface area contributed by atoms with Crippen molar-refractivity contribution in [3.8, 4) is 0 Å². The van der Waals surface area contributed by atoms with E-state index in [4.69, 9.17) is 5.73 Å². The van der Waals surface area contributed by atoms with Crippen molar-refractivity contribution in [2.75, 3.05) is 17.7 Å². The van der Waals surface area contributed by atoms with Gasteiger partial charge in [0.2, 0.25) is 0 Å². The molecular formula is C16H24N4. The van der Waals surface area contributed by atoms with Gasteiger partial charge < -0.3 is 10.6 Å². The van der Waals surface area contributed by atoms with E-state index >= 15 is 0 Å². The first-order valence-corrected chi connectivity index (χ1v) is 6.95. The lowest BCUT2D eigenvalue weighted by Crippen LogP contribution is -2.15. The summed E-state index contributed by atoms with van der Waals surface area (Å²) < 4.78 is 1.86. The van der Waals surface area contributed by atoms with Crippen LogP contribution < -0.4 is 10.6 Å². The van der Waals surface area contributed by atoms with E-state index in [9.17, 15) is 0 Å². The number of aromatic nitrogens is 2. The summed E-state index contributed by atoms with van der Waals surface area (Å²) in [5.74, 6) is 1.27. The Balaban J connectivity index is 2.50. The number of aryl methyl sites for hydroxylation is 3. The summed E-state index contributed by atoms with van der Waals surface area (Å²) in [6.07, 6.45) is 0. The molecule has 4 heteroatoms. The van der Waals surface area contributed by atoms with Crippen LogP contribution in [0.15, 0.2) is 18.2 Å². The fourth-order valence-corrected chi connectivity index (χ4v) is 2.64. The van der Waals surface area contributed by atoms with E-state index in [1.165, 1.54) is 11.1 Å². The van der Waals surface area contributed by atoms with Crippen molar-refractivity contribution in [3.05, 3.63) is 35.0 Å². The van der Waals surface area contributed by atoms with Crippen molar-refractivity contribution in [3.63, 3.8) is 0 Å². The highest BCUT2D eigenvalue weighted by Crippen LogP contribution is 2.34. The van der Waals surface area contributed by atoms with Gasteiger partial charge in [-0.2, -0.15) is 5.10 Å². The summed E-state index contributed by atoms with van der Waals surface area (Å²) in [5, 5.41) is 4.55. The van der Waals surface area contributed by atoms with Crippen LogP contribution in [0.3, 0.4) is 0 Å². The molecule has 0 aliphatic heterocycles. The number of nitrogens with two attached hydrogens (primary N) is 1. The summed E-state index contributed by atoms with van der Waals surface area (Å²) in [6, 6.07) is 6.49. The molecule has 2 N–H and O–H groups in total. The molecule has 2 aromatic rings. The van der Waals surface area contributed by atoms with E-state index in [1.54, 1.807) is 0 Å².